The molecule has 1 aromatic carbocycles. The Morgan fingerprint density at radius 2 is 1.79 bits per heavy atom. The molecule has 4 aliphatic carbocycles. The average molecular weight is 348 g/mol. The Hall–Kier alpha value is -1.06. The van der Waals surface area contributed by atoms with Crippen molar-refractivity contribution in [2.24, 2.45) is 17.8 Å². The van der Waals surface area contributed by atoms with Crippen molar-refractivity contribution in [2.75, 3.05) is 6.54 Å². The van der Waals surface area contributed by atoms with Gasteiger partial charge >= 0.3 is 0 Å². The molecule has 3 nitrogen and oxygen atoms in total. The molecule has 1 atom stereocenters. The predicted molar refractivity (Wildman–Crippen MR) is 95.7 cm³/mol. The highest BCUT2D eigenvalue weighted by atomic mass is 35.5. The first-order valence-electron chi connectivity index (χ1n) is 9.42. The third kappa shape index (κ3) is 3.21. The second-order valence-electron chi connectivity index (χ2n) is 8.50. The maximum Gasteiger partial charge on any atom is 0.275 e. The van der Waals surface area contributed by atoms with Gasteiger partial charge in [0.15, 0.2) is 6.54 Å². The van der Waals surface area contributed by atoms with Gasteiger partial charge in [-0.15, -0.1) is 0 Å². The van der Waals surface area contributed by atoms with Gasteiger partial charge in [-0.25, -0.2) is 0 Å². The molecule has 0 saturated heterocycles. The Balaban J connectivity index is 1.33. The van der Waals surface area contributed by atoms with E-state index in [1.54, 1.807) is 0 Å². The number of quaternary nitrogens is 1. The molecule has 4 heteroatoms. The van der Waals surface area contributed by atoms with Crippen molar-refractivity contribution < 1.29 is 10.1 Å². The van der Waals surface area contributed by atoms with Crippen LogP contribution in [0.1, 0.15) is 57.1 Å². The van der Waals surface area contributed by atoms with Crippen molar-refractivity contribution >= 4 is 17.5 Å². The molecule has 4 bridgehead atoms. The van der Waals surface area contributed by atoms with E-state index in [4.69, 9.17) is 11.6 Å². The summed E-state index contributed by atoms with van der Waals surface area (Å²) in [5.74, 6) is 2.78. The average Bonchev–Trinajstić information content (AvgIpc) is 2.51. The number of carbonyl (C=O) groups is 1. The van der Waals surface area contributed by atoms with Gasteiger partial charge in [0.05, 0.1) is 0 Å². The first-order chi connectivity index (χ1) is 11.5. The zero-order chi connectivity index (χ0) is 16.7. The number of rotatable bonds is 5. The fourth-order valence-electron chi connectivity index (χ4n) is 5.87. The lowest BCUT2D eigenvalue weighted by atomic mass is 9.53. The van der Waals surface area contributed by atoms with Gasteiger partial charge in [-0.1, -0.05) is 29.8 Å². The molecular weight excluding hydrogens is 320 g/mol. The first-order valence-corrected chi connectivity index (χ1v) is 9.79. The molecule has 0 spiro atoms. The summed E-state index contributed by atoms with van der Waals surface area (Å²) in [4.78, 5) is 12.6. The van der Waals surface area contributed by atoms with Crippen LogP contribution in [0, 0.1) is 17.8 Å². The largest absolute Gasteiger partial charge is 0.346 e. The van der Waals surface area contributed by atoms with E-state index in [9.17, 15) is 4.79 Å². The van der Waals surface area contributed by atoms with Crippen molar-refractivity contribution in [1.29, 1.82) is 0 Å². The minimum atomic E-state index is 0.118. The summed E-state index contributed by atoms with van der Waals surface area (Å²) in [5, 5.41) is 6.32. The van der Waals surface area contributed by atoms with Crippen LogP contribution in [0.25, 0.3) is 0 Å². The van der Waals surface area contributed by atoms with Crippen LogP contribution in [0.4, 0.5) is 0 Å². The van der Waals surface area contributed by atoms with Gasteiger partial charge in [0, 0.05) is 16.1 Å². The number of nitrogens with two attached hydrogens (primary N) is 1. The summed E-state index contributed by atoms with van der Waals surface area (Å²) in [7, 11) is 0. The maximum absolute atomic E-state index is 12.6. The monoisotopic (exact) mass is 347 g/mol. The fourth-order valence-corrected chi connectivity index (χ4v) is 6.17. The number of hydrogen-bond donors (Lipinski definition) is 2. The molecular formula is C20H28ClN2O+. The lowest BCUT2D eigenvalue weighted by molar-refractivity contribution is -0.682. The summed E-state index contributed by atoms with van der Waals surface area (Å²) < 4.78 is 0. The fraction of sp³-hybridized carbons (Fsp3) is 0.650. The molecule has 0 heterocycles. The van der Waals surface area contributed by atoms with E-state index in [2.05, 4.69) is 17.6 Å². The number of benzene rings is 1. The van der Waals surface area contributed by atoms with Gasteiger partial charge in [0.25, 0.3) is 5.91 Å². The summed E-state index contributed by atoms with van der Waals surface area (Å²) >= 11 is 6.26. The topological polar surface area (TPSA) is 45.7 Å². The minimum Gasteiger partial charge on any atom is -0.346 e. The van der Waals surface area contributed by atoms with Crippen LogP contribution in [0.5, 0.6) is 0 Å². The van der Waals surface area contributed by atoms with E-state index >= 15 is 0 Å². The van der Waals surface area contributed by atoms with Gasteiger partial charge in [-0.3, -0.25) is 4.79 Å². The Kier molecular flexibility index (Phi) is 4.34. The summed E-state index contributed by atoms with van der Waals surface area (Å²) in [6.45, 7) is 2.59. The van der Waals surface area contributed by atoms with Crippen LogP contribution >= 0.6 is 11.6 Å². The van der Waals surface area contributed by atoms with Crippen LogP contribution in [-0.4, -0.2) is 18.0 Å². The Bertz CT molecular complexity index is 595. The molecule has 4 aliphatic rings. The minimum absolute atomic E-state index is 0.118. The van der Waals surface area contributed by atoms with Crippen molar-refractivity contribution in [2.45, 2.75) is 57.0 Å². The van der Waals surface area contributed by atoms with Crippen molar-refractivity contribution in [3.63, 3.8) is 0 Å². The Labute approximate surface area is 149 Å². The summed E-state index contributed by atoms with van der Waals surface area (Å²) in [6, 6.07) is 8.09. The third-order valence-electron chi connectivity index (χ3n) is 6.50. The highest BCUT2D eigenvalue weighted by molar-refractivity contribution is 6.31. The summed E-state index contributed by atoms with van der Waals surface area (Å²) in [5.41, 5.74) is 1.22. The van der Waals surface area contributed by atoms with Crippen LogP contribution in [0.3, 0.4) is 0 Å². The van der Waals surface area contributed by atoms with Gasteiger partial charge in [0.2, 0.25) is 0 Å². The van der Waals surface area contributed by atoms with Crippen LogP contribution < -0.4 is 10.6 Å². The Morgan fingerprint density at radius 1 is 1.21 bits per heavy atom. The number of amides is 1. The molecule has 1 amide bonds. The van der Waals surface area contributed by atoms with E-state index in [0.717, 1.165) is 28.3 Å². The van der Waals surface area contributed by atoms with Crippen molar-refractivity contribution in [1.82, 2.24) is 5.32 Å². The molecule has 0 aliphatic heterocycles. The maximum atomic E-state index is 12.6. The normalized spacial score (nSPS) is 35.0. The van der Waals surface area contributed by atoms with Crippen molar-refractivity contribution in [3.8, 4) is 0 Å². The number of carbonyl (C=O) groups excluding carboxylic acids is 1. The molecule has 0 radical (unpaired) electrons. The SMILES string of the molecule is C[C@@H]([NH2+]CC(=O)NC12CC3CC(CC(C3)C1)C2)c1ccccc1Cl. The van der Waals surface area contributed by atoms with Gasteiger partial charge in [-0.2, -0.15) is 0 Å². The van der Waals surface area contributed by atoms with E-state index in [0.29, 0.717) is 6.54 Å². The highest BCUT2D eigenvalue weighted by Gasteiger charge is 2.51. The van der Waals surface area contributed by atoms with E-state index in [1.165, 1.54) is 38.5 Å². The molecule has 24 heavy (non-hydrogen) atoms. The second-order valence-corrected chi connectivity index (χ2v) is 8.90. The zero-order valence-corrected chi connectivity index (χ0v) is 15.2. The van der Waals surface area contributed by atoms with Crippen LogP contribution in [-0.2, 0) is 4.79 Å². The van der Waals surface area contributed by atoms with Gasteiger partial charge < -0.3 is 10.6 Å². The van der Waals surface area contributed by atoms with E-state index in [-0.39, 0.29) is 17.5 Å². The second kappa shape index (κ2) is 6.34. The molecule has 3 N–H and O–H groups in total. The standard InChI is InChI=1S/C20H27ClN2O/c1-13(17-4-2-3-5-18(17)21)22-12-19(24)23-20-9-14-6-15(10-20)8-16(7-14)11-20/h2-5,13-16,22H,6-12H2,1H3,(H,23,24)/p+1/t13-,14?,15?,16?,20?/m1/s1. The van der Waals surface area contributed by atoms with Crippen molar-refractivity contribution in [3.05, 3.63) is 34.9 Å². The van der Waals surface area contributed by atoms with Gasteiger partial charge in [-0.05, 0) is 69.3 Å². The lowest BCUT2D eigenvalue weighted by Crippen LogP contribution is -2.87. The highest BCUT2D eigenvalue weighted by Crippen LogP contribution is 2.55. The molecule has 0 aromatic heterocycles. The molecule has 0 unspecified atom stereocenters. The molecule has 1 aromatic rings. The smallest absolute Gasteiger partial charge is 0.275 e. The van der Waals surface area contributed by atoms with Crippen LogP contribution in [0.2, 0.25) is 5.02 Å². The summed E-state index contributed by atoms with van der Waals surface area (Å²) in [6.07, 6.45) is 7.86. The molecule has 130 valence electrons. The third-order valence-corrected chi connectivity index (χ3v) is 6.84. The van der Waals surface area contributed by atoms with Crippen LogP contribution in [0.15, 0.2) is 24.3 Å². The molecule has 4 saturated carbocycles. The van der Waals surface area contributed by atoms with Gasteiger partial charge in [0.1, 0.15) is 6.04 Å². The first kappa shape index (κ1) is 16.4. The molecule has 5 rings (SSSR count). The number of hydrogen-bond acceptors (Lipinski definition) is 1. The number of nitrogens with one attached hydrogen (secondary N) is 1. The molecule has 4 fully saturated rings. The quantitative estimate of drug-likeness (QED) is 0.844. The number of halogens is 1. The Morgan fingerprint density at radius 3 is 2.38 bits per heavy atom. The zero-order valence-electron chi connectivity index (χ0n) is 14.4. The van der Waals surface area contributed by atoms with E-state index < -0.39 is 0 Å². The predicted octanol–water partition coefficient (Wildman–Crippen LogP) is 3.05. The van der Waals surface area contributed by atoms with E-state index in [1.807, 2.05) is 24.3 Å². The lowest BCUT2D eigenvalue weighted by Gasteiger charge is -2.56.